The van der Waals surface area contributed by atoms with E-state index in [4.69, 9.17) is 9.26 Å². The highest BCUT2D eigenvalue weighted by Crippen LogP contribution is 2.43. The van der Waals surface area contributed by atoms with Crippen LogP contribution in [0.1, 0.15) is 27.2 Å². The molecule has 0 aliphatic heterocycles. The molecule has 0 saturated heterocycles. The summed E-state index contributed by atoms with van der Waals surface area (Å²) < 4.78 is 22.6. The Hall–Kier alpha value is -0.420. The number of carbonyl (C=O) groups is 1. The lowest BCUT2D eigenvalue weighted by Gasteiger charge is -2.22. The first kappa shape index (κ1) is 17.6. The van der Waals surface area contributed by atoms with Crippen LogP contribution >= 0.6 is 7.52 Å². The monoisotopic (exact) mass is 280 g/mol. The number of nitrogens with one attached hydrogen (secondary N) is 2. The van der Waals surface area contributed by atoms with E-state index in [1.807, 2.05) is 7.05 Å². The van der Waals surface area contributed by atoms with Gasteiger partial charge in [-0.1, -0.05) is 0 Å². The van der Waals surface area contributed by atoms with Gasteiger partial charge in [0.1, 0.15) is 6.04 Å². The van der Waals surface area contributed by atoms with Gasteiger partial charge in [0.25, 0.3) is 7.52 Å². The summed E-state index contributed by atoms with van der Waals surface area (Å²) in [7, 11) is -1.14. The predicted molar refractivity (Wildman–Crippen MR) is 71.9 cm³/mol. The highest BCUT2D eigenvalue weighted by Gasteiger charge is 2.27. The van der Waals surface area contributed by atoms with Crippen molar-refractivity contribution in [2.24, 2.45) is 0 Å². The van der Waals surface area contributed by atoms with Gasteiger partial charge in [0.2, 0.25) is 0 Å². The van der Waals surface area contributed by atoms with Crippen molar-refractivity contribution in [2.45, 2.75) is 33.2 Å². The van der Waals surface area contributed by atoms with Gasteiger partial charge in [-0.25, -0.2) is 5.09 Å². The van der Waals surface area contributed by atoms with E-state index >= 15 is 0 Å². The highest BCUT2D eigenvalue weighted by molar-refractivity contribution is 7.56. The van der Waals surface area contributed by atoms with Crippen LogP contribution in [0, 0.1) is 0 Å². The average molecular weight is 280 g/mol. The molecule has 0 fully saturated rings. The van der Waals surface area contributed by atoms with Gasteiger partial charge in [-0.05, 0) is 40.8 Å². The van der Waals surface area contributed by atoms with Gasteiger partial charge in [-0.3, -0.25) is 9.36 Å². The largest absolute Gasteiger partial charge is 0.465 e. The van der Waals surface area contributed by atoms with Crippen molar-refractivity contribution in [1.29, 1.82) is 0 Å². The quantitative estimate of drug-likeness (QED) is 0.357. The smallest absolute Gasteiger partial charge is 0.323 e. The Morgan fingerprint density at radius 2 is 2.00 bits per heavy atom. The topological polar surface area (TPSA) is 76.7 Å². The first-order valence-electron chi connectivity index (χ1n) is 6.31. The van der Waals surface area contributed by atoms with Crippen molar-refractivity contribution in [2.75, 3.05) is 33.0 Å². The van der Waals surface area contributed by atoms with Crippen LogP contribution in [-0.2, 0) is 18.6 Å². The molecule has 0 saturated carbocycles. The number of ether oxygens (including phenoxy) is 1. The molecule has 0 amide bonds. The molecule has 7 heteroatoms. The summed E-state index contributed by atoms with van der Waals surface area (Å²) in [6.45, 7) is 6.55. The van der Waals surface area contributed by atoms with Crippen molar-refractivity contribution in [3.05, 3.63) is 0 Å². The van der Waals surface area contributed by atoms with E-state index in [9.17, 15) is 9.36 Å². The maximum Gasteiger partial charge on any atom is 0.323 e. The first-order valence-corrected chi connectivity index (χ1v) is 8.12. The third-order valence-corrected chi connectivity index (χ3v) is 4.61. The first-order chi connectivity index (χ1) is 8.49. The van der Waals surface area contributed by atoms with Crippen LogP contribution in [0.25, 0.3) is 0 Å². The van der Waals surface area contributed by atoms with E-state index in [1.54, 1.807) is 20.8 Å². The SMILES string of the molecule is CCOC(=O)[C@H](C)NP(=O)(CCCNC)OCC. The molecule has 108 valence electrons. The van der Waals surface area contributed by atoms with E-state index in [1.165, 1.54) is 0 Å². The Morgan fingerprint density at radius 3 is 2.50 bits per heavy atom. The lowest BCUT2D eigenvalue weighted by Crippen LogP contribution is -2.34. The summed E-state index contributed by atoms with van der Waals surface area (Å²) in [5.41, 5.74) is 0. The Morgan fingerprint density at radius 1 is 1.33 bits per heavy atom. The summed E-state index contributed by atoms with van der Waals surface area (Å²) in [6.07, 6.45) is 1.11. The Kier molecular flexibility index (Phi) is 9.28. The average Bonchev–Trinajstić information content (AvgIpc) is 2.29. The minimum Gasteiger partial charge on any atom is -0.465 e. The molecule has 2 atom stereocenters. The third-order valence-electron chi connectivity index (χ3n) is 2.25. The van der Waals surface area contributed by atoms with Crippen molar-refractivity contribution >= 4 is 13.5 Å². The van der Waals surface area contributed by atoms with Gasteiger partial charge in [-0.15, -0.1) is 0 Å². The normalized spacial score (nSPS) is 16.0. The Bertz CT molecular complexity index is 286. The van der Waals surface area contributed by atoms with Crippen molar-refractivity contribution in [3.63, 3.8) is 0 Å². The van der Waals surface area contributed by atoms with E-state index < -0.39 is 19.5 Å². The molecule has 0 aliphatic carbocycles. The van der Waals surface area contributed by atoms with Gasteiger partial charge in [0, 0.05) is 6.16 Å². The van der Waals surface area contributed by atoms with Gasteiger partial charge < -0.3 is 14.6 Å². The van der Waals surface area contributed by atoms with Crippen LogP contribution in [0.2, 0.25) is 0 Å². The summed E-state index contributed by atoms with van der Waals surface area (Å²) in [6, 6.07) is -0.628. The fraction of sp³-hybridized carbons (Fsp3) is 0.909. The molecule has 0 spiro atoms. The highest BCUT2D eigenvalue weighted by atomic mass is 31.2. The van der Waals surface area contributed by atoms with E-state index in [0.717, 1.165) is 13.0 Å². The third kappa shape index (κ3) is 7.11. The summed E-state index contributed by atoms with van der Waals surface area (Å²) in [5, 5.41) is 5.75. The van der Waals surface area contributed by atoms with E-state index in [2.05, 4.69) is 10.4 Å². The predicted octanol–water partition coefficient (Wildman–Crippen LogP) is 1.37. The zero-order valence-electron chi connectivity index (χ0n) is 11.7. The number of rotatable bonds is 10. The van der Waals surface area contributed by atoms with Gasteiger partial charge in [0.15, 0.2) is 0 Å². The number of esters is 1. The lowest BCUT2D eigenvalue weighted by molar-refractivity contribution is -0.144. The van der Waals surface area contributed by atoms with Crippen LogP contribution in [0.15, 0.2) is 0 Å². The molecule has 6 nitrogen and oxygen atoms in total. The van der Waals surface area contributed by atoms with Gasteiger partial charge in [0.05, 0.1) is 13.2 Å². The molecular weight excluding hydrogens is 255 g/mol. The standard InChI is InChI=1S/C11H25N2O4P/c1-5-16-11(14)10(3)13-18(15,17-6-2)9-7-8-12-4/h10,12H,5-9H2,1-4H3,(H,13,15)/t10-,18?/m0/s1. The summed E-state index contributed by atoms with van der Waals surface area (Å²) >= 11 is 0. The zero-order chi connectivity index (χ0) is 14.0. The second-order valence-corrected chi connectivity index (χ2v) is 6.19. The fourth-order valence-corrected chi connectivity index (χ4v) is 3.47. The molecule has 1 unspecified atom stereocenters. The zero-order valence-corrected chi connectivity index (χ0v) is 12.6. The van der Waals surface area contributed by atoms with Crippen molar-refractivity contribution < 1.29 is 18.6 Å². The van der Waals surface area contributed by atoms with E-state index in [0.29, 0.717) is 19.4 Å². The van der Waals surface area contributed by atoms with Gasteiger partial charge in [-0.2, -0.15) is 0 Å². The van der Waals surface area contributed by atoms with Crippen molar-refractivity contribution in [3.8, 4) is 0 Å². The molecule has 0 heterocycles. The minimum atomic E-state index is -2.97. The van der Waals surface area contributed by atoms with Crippen molar-refractivity contribution in [1.82, 2.24) is 10.4 Å². The Labute approximate surface area is 109 Å². The molecule has 0 bridgehead atoms. The summed E-state index contributed by atoms with van der Waals surface area (Å²) in [5.74, 6) is -0.411. The molecule has 2 N–H and O–H groups in total. The molecule has 0 aromatic carbocycles. The number of hydrogen-bond acceptors (Lipinski definition) is 5. The lowest BCUT2D eigenvalue weighted by atomic mass is 10.4. The second-order valence-electron chi connectivity index (χ2n) is 3.87. The molecular formula is C11H25N2O4P. The van der Waals surface area contributed by atoms with Crippen LogP contribution in [0.3, 0.4) is 0 Å². The molecule has 0 aliphatic rings. The minimum absolute atomic E-state index is 0.309. The molecule has 0 radical (unpaired) electrons. The maximum absolute atomic E-state index is 12.4. The fourth-order valence-electron chi connectivity index (χ4n) is 1.45. The maximum atomic E-state index is 12.4. The molecule has 0 aromatic rings. The van der Waals surface area contributed by atoms with Gasteiger partial charge >= 0.3 is 5.97 Å². The number of carbonyl (C=O) groups excluding carboxylic acids is 1. The van der Waals surface area contributed by atoms with Crippen LogP contribution < -0.4 is 10.4 Å². The second kappa shape index (κ2) is 9.50. The molecule has 0 rings (SSSR count). The van der Waals surface area contributed by atoms with E-state index in [-0.39, 0.29) is 0 Å². The van der Waals surface area contributed by atoms with Crippen LogP contribution in [0.4, 0.5) is 0 Å². The van der Waals surface area contributed by atoms with Crippen LogP contribution in [0.5, 0.6) is 0 Å². The molecule has 18 heavy (non-hydrogen) atoms. The number of hydrogen-bond donors (Lipinski definition) is 2. The van der Waals surface area contributed by atoms with Crippen LogP contribution in [-0.4, -0.2) is 45.0 Å². The Balaban J connectivity index is 4.39. The summed E-state index contributed by atoms with van der Waals surface area (Å²) in [4.78, 5) is 11.5. The molecule has 0 aromatic heterocycles.